The van der Waals surface area contributed by atoms with Crippen molar-refractivity contribution in [3.05, 3.63) is 95.6 Å². The molecule has 8 heteroatoms. The predicted molar refractivity (Wildman–Crippen MR) is 144 cm³/mol. The maximum absolute atomic E-state index is 12.4. The minimum absolute atomic E-state index is 0.227. The van der Waals surface area contributed by atoms with Crippen molar-refractivity contribution in [2.75, 3.05) is 6.61 Å². The average Bonchev–Trinajstić information content (AvgIpc) is 3.16. The highest BCUT2D eigenvalue weighted by atomic mass is 127. The molecular formula is C25H18Br2INO4. The summed E-state index contributed by atoms with van der Waals surface area (Å²) in [6, 6.07) is 19.1. The third-order valence-electron chi connectivity index (χ3n) is 4.67. The summed E-state index contributed by atoms with van der Waals surface area (Å²) < 4.78 is 20.1. The summed E-state index contributed by atoms with van der Waals surface area (Å²) in [5.41, 5.74) is 2.76. The first-order valence-electron chi connectivity index (χ1n) is 10.0. The van der Waals surface area contributed by atoms with Crippen LogP contribution in [0.1, 0.15) is 23.6 Å². The van der Waals surface area contributed by atoms with Gasteiger partial charge < -0.3 is 14.2 Å². The molecule has 1 aliphatic rings. The fourth-order valence-corrected chi connectivity index (χ4v) is 4.04. The molecule has 3 aromatic rings. The summed E-state index contributed by atoms with van der Waals surface area (Å²) in [6.45, 7) is 2.81. The standard InChI is InChI=1S/C25H18Br2INO4/c1-2-31-23-12-16(5-10-22(23)32-14-15-3-7-18(26)8-4-15)11-21-25(30)33-24(29-21)17-6-9-20(28)19(27)13-17/h3-13H,2,14H2,1H3/b21-11-. The van der Waals surface area contributed by atoms with Crippen LogP contribution in [0.4, 0.5) is 0 Å². The Balaban J connectivity index is 1.56. The van der Waals surface area contributed by atoms with Crippen molar-refractivity contribution >= 4 is 72.4 Å². The molecule has 0 aromatic heterocycles. The highest BCUT2D eigenvalue weighted by molar-refractivity contribution is 14.1. The number of nitrogens with zero attached hydrogens (tertiary/aromatic N) is 1. The zero-order valence-corrected chi connectivity index (χ0v) is 22.8. The molecular weight excluding hydrogens is 665 g/mol. The van der Waals surface area contributed by atoms with Gasteiger partial charge in [0.15, 0.2) is 17.2 Å². The van der Waals surface area contributed by atoms with Crippen molar-refractivity contribution in [2.24, 2.45) is 4.99 Å². The molecule has 0 amide bonds. The SMILES string of the molecule is CCOc1cc(/C=C2\N=C(c3ccc(I)c(Br)c3)OC2=O)ccc1OCc1ccc(Br)cc1. The lowest BCUT2D eigenvalue weighted by molar-refractivity contribution is -0.129. The molecule has 1 heterocycles. The van der Waals surface area contributed by atoms with E-state index in [1.165, 1.54) is 0 Å². The number of carbonyl (C=O) groups is 1. The maximum Gasteiger partial charge on any atom is 0.363 e. The number of esters is 1. The van der Waals surface area contributed by atoms with Gasteiger partial charge >= 0.3 is 5.97 Å². The zero-order valence-electron chi connectivity index (χ0n) is 17.5. The van der Waals surface area contributed by atoms with E-state index >= 15 is 0 Å². The molecule has 0 saturated carbocycles. The molecule has 0 N–H and O–H groups in total. The van der Waals surface area contributed by atoms with E-state index in [4.69, 9.17) is 14.2 Å². The van der Waals surface area contributed by atoms with Gasteiger partial charge in [-0.05, 0) is 105 Å². The van der Waals surface area contributed by atoms with Crippen molar-refractivity contribution in [1.82, 2.24) is 0 Å². The molecule has 3 aromatic carbocycles. The Bertz CT molecular complexity index is 1260. The molecule has 0 unspecified atom stereocenters. The molecule has 0 aliphatic carbocycles. The molecule has 33 heavy (non-hydrogen) atoms. The number of aliphatic imine (C=N–C) groups is 1. The van der Waals surface area contributed by atoms with E-state index in [2.05, 4.69) is 59.4 Å². The van der Waals surface area contributed by atoms with Crippen LogP contribution in [0.2, 0.25) is 0 Å². The molecule has 0 fully saturated rings. The smallest absolute Gasteiger partial charge is 0.363 e. The van der Waals surface area contributed by atoms with E-state index in [9.17, 15) is 4.79 Å². The second-order valence-electron chi connectivity index (χ2n) is 7.02. The lowest BCUT2D eigenvalue weighted by Gasteiger charge is -2.13. The molecule has 5 nitrogen and oxygen atoms in total. The van der Waals surface area contributed by atoms with Crippen LogP contribution in [0, 0.1) is 3.57 Å². The number of ether oxygens (including phenoxy) is 3. The fraction of sp³-hybridized carbons (Fsp3) is 0.120. The van der Waals surface area contributed by atoms with Gasteiger partial charge in [0.05, 0.1) is 6.61 Å². The number of carbonyl (C=O) groups excluding carboxylic acids is 1. The fourth-order valence-electron chi connectivity index (χ4n) is 3.06. The Morgan fingerprint density at radius 3 is 2.52 bits per heavy atom. The Labute approximate surface area is 222 Å². The first kappa shape index (κ1) is 24.0. The topological polar surface area (TPSA) is 57.1 Å². The van der Waals surface area contributed by atoms with Crippen LogP contribution in [0.15, 0.2) is 80.3 Å². The van der Waals surface area contributed by atoms with Gasteiger partial charge in [-0.2, -0.15) is 0 Å². The number of halogens is 3. The van der Waals surface area contributed by atoms with Crippen LogP contribution < -0.4 is 9.47 Å². The summed E-state index contributed by atoms with van der Waals surface area (Å²) in [5.74, 6) is 1.01. The number of benzene rings is 3. The first-order valence-corrected chi connectivity index (χ1v) is 12.7. The van der Waals surface area contributed by atoms with E-state index in [0.29, 0.717) is 24.7 Å². The van der Waals surface area contributed by atoms with Gasteiger partial charge in [0.2, 0.25) is 5.90 Å². The largest absolute Gasteiger partial charge is 0.490 e. The lowest BCUT2D eigenvalue weighted by Crippen LogP contribution is -2.05. The van der Waals surface area contributed by atoms with Crippen LogP contribution in [0.3, 0.4) is 0 Å². The summed E-state index contributed by atoms with van der Waals surface area (Å²) >= 11 is 9.15. The van der Waals surface area contributed by atoms with Gasteiger partial charge in [0.1, 0.15) is 6.61 Å². The van der Waals surface area contributed by atoms with Crippen molar-refractivity contribution in [3.63, 3.8) is 0 Å². The number of hydrogen-bond donors (Lipinski definition) is 0. The van der Waals surface area contributed by atoms with E-state index in [1.54, 1.807) is 6.08 Å². The minimum Gasteiger partial charge on any atom is -0.490 e. The molecule has 0 atom stereocenters. The van der Waals surface area contributed by atoms with Crippen LogP contribution in [0.25, 0.3) is 6.08 Å². The number of hydrogen-bond acceptors (Lipinski definition) is 5. The Morgan fingerprint density at radius 2 is 1.79 bits per heavy atom. The molecule has 0 bridgehead atoms. The van der Waals surface area contributed by atoms with Gasteiger partial charge in [-0.15, -0.1) is 0 Å². The van der Waals surface area contributed by atoms with E-state index in [-0.39, 0.29) is 11.6 Å². The van der Waals surface area contributed by atoms with Crippen LogP contribution in [-0.4, -0.2) is 18.5 Å². The van der Waals surface area contributed by atoms with Gasteiger partial charge in [0, 0.05) is 18.1 Å². The zero-order chi connectivity index (χ0) is 23.4. The molecule has 4 rings (SSSR count). The Hall–Kier alpha value is -2.17. The second kappa shape index (κ2) is 10.8. The van der Waals surface area contributed by atoms with E-state index < -0.39 is 5.97 Å². The third kappa shape index (κ3) is 6.04. The molecule has 168 valence electrons. The summed E-state index contributed by atoms with van der Waals surface area (Å²) in [5, 5.41) is 0. The van der Waals surface area contributed by atoms with Gasteiger partial charge in [0.25, 0.3) is 0 Å². The Morgan fingerprint density at radius 1 is 1.00 bits per heavy atom. The van der Waals surface area contributed by atoms with Crippen LogP contribution in [-0.2, 0) is 16.1 Å². The second-order valence-corrected chi connectivity index (χ2v) is 9.95. The van der Waals surface area contributed by atoms with Gasteiger partial charge in [-0.1, -0.05) is 34.1 Å². The number of cyclic esters (lactones) is 1. The van der Waals surface area contributed by atoms with Crippen molar-refractivity contribution in [3.8, 4) is 11.5 Å². The van der Waals surface area contributed by atoms with Crippen LogP contribution in [0.5, 0.6) is 11.5 Å². The predicted octanol–water partition coefficient (Wildman–Crippen LogP) is 7.14. The normalized spacial score (nSPS) is 14.2. The highest BCUT2D eigenvalue weighted by Gasteiger charge is 2.24. The minimum atomic E-state index is -0.492. The van der Waals surface area contributed by atoms with E-state index in [0.717, 1.165) is 29.2 Å². The third-order valence-corrected chi connectivity index (χ3v) is 7.53. The highest BCUT2D eigenvalue weighted by Crippen LogP contribution is 2.31. The quantitative estimate of drug-likeness (QED) is 0.151. The Kier molecular flexibility index (Phi) is 7.87. The van der Waals surface area contributed by atoms with E-state index in [1.807, 2.05) is 67.6 Å². The molecule has 1 aliphatic heterocycles. The molecule has 0 saturated heterocycles. The summed E-state index contributed by atoms with van der Waals surface area (Å²) in [6.07, 6.45) is 1.68. The lowest BCUT2D eigenvalue weighted by atomic mass is 10.1. The molecule has 0 radical (unpaired) electrons. The first-order chi connectivity index (χ1) is 15.9. The van der Waals surface area contributed by atoms with Crippen LogP contribution >= 0.6 is 54.5 Å². The number of rotatable bonds is 7. The van der Waals surface area contributed by atoms with Crippen molar-refractivity contribution in [2.45, 2.75) is 13.5 Å². The summed E-state index contributed by atoms with van der Waals surface area (Å²) in [4.78, 5) is 16.8. The monoisotopic (exact) mass is 681 g/mol. The average molecular weight is 683 g/mol. The van der Waals surface area contributed by atoms with Crippen molar-refractivity contribution < 1.29 is 19.0 Å². The molecule has 0 spiro atoms. The summed E-state index contributed by atoms with van der Waals surface area (Å²) in [7, 11) is 0. The van der Waals surface area contributed by atoms with Gasteiger partial charge in [-0.3, -0.25) is 0 Å². The van der Waals surface area contributed by atoms with Crippen molar-refractivity contribution in [1.29, 1.82) is 0 Å². The van der Waals surface area contributed by atoms with Gasteiger partial charge in [-0.25, -0.2) is 9.79 Å². The maximum atomic E-state index is 12.4.